The normalized spacial score (nSPS) is 10.8. The summed E-state index contributed by atoms with van der Waals surface area (Å²) in [6, 6.07) is 13.2. The first kappa shape index (κ1) is 19.1. The Bertz CT molecular complexity index is 790. The monoisotopic (exact) mass is 356 g/mol. The van der Waals surface area contributed by atoms with Gasteiger partial charge in [0.15, 0.2) is 17.5 Å². The zero-order valence-electron chi connectivity index (χ0n) is 15.4. The molecule has 7 nitrogen and oxygen atoms in total. The maximum Gasteiger partial charge on any atom is 0.221 e. The van der Waals surface area contributed by atoms with E-state index in [0.717, 1.165) is 16.9 Å². The lowest BCUT2D eigenvalue weighted by atomic mass is 10.2. The highest BCUT2D eigenvalue weighted by molar-refractivity contribution is 5.94. The van der Waals surface area contributed by atoms with Gasteiger partial charge in [0.2, 0.25) is 5.91 Å². The van der Waals surface area contributed by atoms with E-state index in [4.69, 9.17) is 9.47 Å². The van der Waals surface area contributed by atoms with Crippen molar-refractivity contribution in [2.45, 2.75) is 13.5 Å². The van der Waals surface area contributed by atoms with E-state index in [1.54, 1.807) is 21.3 Å². The molecule has 0 saturated heterocycles. The summed E-state index contributed by atoms with van der Waals surface area (Å²) in [6.45, 7) is 2.04. The van der Waals surface area contributed by atoms with Gasteiger partial charge in [-0.3, -0.25) is 9.79 Å². The van der Waals surface area contributed by atoms with E-state index < -0.39 is 0 Å². The van der Waals surface area contributed by atoms with E-state index in [9.17, 15) is 4.79 Å². The average molecular weight is 356 g/mol. The van der Waals surface area contributed by atoms with Gasteiger partial charge in [-0.1, -0.05) is 12.1 Å². The van der Waals surface area contributed by atoms with Gasteiger partial charge >= 0.3 is 0 Å². The highest BCUT2D eigenvalue weighted by Crippen LogP contribution is 2.29. The number of aliphatic imine (C=N–C) groups is 1. The van der Waals surface area contributed by atoms with Crippen molar-refractivity contribution in [3.8, 4) is 11.5 Å². The minimum Gasteiger partial charge on any atom is -0.493 e. The maximum absolute atomic E-state index is 11.2. The van der Waals surface area contributed by atoms with E-state index in [1.807, 2.05) is 42.5 Å². The summed E-state index contributed by atoms with van der Waals surface area (Å²) in [5, 5.41) is 9.21. The van der Waals surface area contributed by atoms with E-state index >= 15 is 0 Å². The Kier molecular flexibility index (Phi) is 6.84. The summed E-state index contributed by atoms with van der Waals surface area (Å²) in [4.78, 5) is 15.4. The summed E-state index contributed by atoms with van der Waals surface area (Å²) >= 11 is 0. The van der Waals surface area contributed by atoms with Gasteiger partial charge in [0.1, 0.15) is 0 Å². The number of carbonyl (C=O) groups is 1. The van der Waals surface area contributed by atoms with Crippen LogP contribution >= 0.6 is 0 Å². The number of benzene rings is 2. The third-order valence-corrected chi connectivity index (χ3v) is 3.58. The molecule has 0 aliphatic heterocycles. The van der Waals surface area contributed by atoms with Crippen LogP contribution in [0.25, 0.3) is 0 Å². The second-order valence-electron chi connectivity index (χ2n) is 5.50. The number of nitrogens with one attached hydrogen (secondary N) is 3. The predicted octanol–water partition coefficient (Wildman–Crippen LogP) is 2.85. The summed E-state index contributed by atoms with van der Waals surface area (Å²) in [5.74, 6) is 1.81. The second kappa shape index (κ2) is 9.31. The third kappa shape index (κ3) is 5.41. The lowest BCUT2D eigenvalue weighted by Crippen LogP contribution is -2.30. The van der Waals surface area contributed by atoms with Crippen molar-refractivity contribution in [2.24, 2.45) is 4.99 Å². The topological polar surface area (TPSA) is 84.0 Å². The van der Waals surface area contributed by atoms with E-state index in [0.29, 0.717) is 24.0 Å². The van der Waals surface area contributed by atoms with Crippen molar-refractivity contribution >= 4 is 23.2 Å². The molecule has 0 aromatic heterocycles. The molecule has 0 atom stereocenters. The number of hydrogen-bond donors (Lipinski definition) is 3. The van der Waals surface area contributed by atoms with E-state index in [-0.39, 0.29) is 5.91 Å². The second-order valence-corrected chi connectivity index (χ2v) is 5.50. The van der Waals surface area contributed by atoms with Crippen LogP contribution in [0, 0.1) is 0 Å². The van der Waals surface area contributed by atoms with Gasteiger partial charge in [-0.15, -0.1) is 0 Å². The van der Waals surface area contributed by atoms with Crippen LogP contribution in [0.4, 0.5) is 11.4 Å². The Labute approximate surface area is 153 Å². The Morgan fingerprint density at radius 2 is 1.73 bits per heavy atom. The van der Waals surface area contributed by atoms with Gasteiger partial charge in [-0.05, 0) is 29.8 Å². The van der Waals surface area contributed by atoms with Crippen molar-refractivity contribution in [3.63, 3.8) is 0 Å². The lowest BCUT2D eigenvalue weighted by Gasteiger charge is -2.14. The maximum atomic E-state index is 11.2. The molecule has 0 saturated carbocycles. The summed E-state index contributed by atoms with van der Waals surface area (Å²) in [5.41, 5.74) is 2.61. The van der Waals surface area contributed by atoms with Crippen LogP contribution in [0.15, 0.2) is 47.5 Å². The van der Waals surface area contributed by atoms with Gasteiger partial charge in [-0.2, -0.15) is 0 Å². The minimum atomic E-state index is -0.0963. The van der Waals surface area contributed by atoms with E-state index in [1.165, 1.54) is 6.92 Å². The number of rotatable bonds is 6. The van der Waals surface area contributed by atoms with Crippen LogP contribution in [-0.2, 0) is 11.3 Å². The molecule has 0 aliphatic rings. The molecule has 7 heteroatoms. The van der Waals surface area contributed by atoms with Gasteiger partial charge in [0, 0.05) is 38.0 Å². The molecule has 0 radical (unpaired) electrons. The first-order valence-electron chi connectivity index (χ1n) is 8.12. The molecule has 2 aromatic carbocycles. The van der Waals surface area contributed by atoms with Crippen LogP contribution in [0.3, 0.4) is 0 Å². The van der Waals surface area contributed by atoms with Crippen LogP contribution < -0.4 is 25.4 Å². The highest BCUT2D eigenvalue weighted by Gasteiger charge is 2.06. The molecule has 26 heavy (non-hydrogen) atoms. The van der Waals surface area contributed by atoms with Crippen molar-refractivity contribution in [3.05, 3.63) is 48.0 Å². The third-order valence-electron chi connectivity index (χ3n) is 3.58. The number of hydrogen-bond acceptors (Lipinski definition) is 4. The summed E-state index contributed by atoms with van der Waals surface area (Å²) in [6.07, 6.45) is 0. The number of nitrogens with zero attached hydrogens (tertiary/aromatic N) is 1. The zero-order valence-corrected chi connectivity index (χ0v) is 15.4. The smallest absolute Gasteiger partial charge is 0.221 e. The van der Waals surface area contributed by atoms with Gasteiger partial charge in [-0.25, -0.2) is 0 Å². The molecule has 0 unspecified atom stereocenters. The van der Waals surface area contributed by atoms with Gasteiger partial charge in [0.05, 0.1) is 14.2 Å². The Morgan fingerprint density at radius 1 is 1.00 bits per heavy atom. The summed E-state index contributed by atoms with van der Waals surface area (Å²) < 4.78 is 10.5. The Balaban J connectivity index is 2.01. The molecule has 138 valence electrons. The molecule has 0 bridgehead atoms. The van der Waals surface area contributed by atoms with Crippen LogP contribution in [-0.4, -0.2) is 33.1 Å². The average Bonchev–Trinajstić information content (AvgIpc) is 2.64. The SMILES string of the molecule is CN=C(NCc1cccc(NC(C)=O)c1)Nc1ccc(OC)c(OC)c1. The molecule has 0 heterocycles. The molecule has 2 aromatic rings. The number of carbonyl (C=O) groups excluding carboxylic acids is 1. The minimum absolute atomic E-state index is 0.0963. The predicted molar refractivity (Wildman–Crippen MR) is 104 cm³/mol. The van der Waals surface area contributed by atoms with Crippen molar-refractivity contribution in [1.82, 2.24) is 5.32 Å². The number of guanidine groups is 1. The first-order valence-corrected chi connectivity index (χ1v) is 8.12. The number of ether oxygens (including phenoxy) is 2. The van der Waals surface area contributed by atoms with Crippen molar-refractivity contribution in [2.75, 3.05) is 31.9 Å². The lowest BCUT2D eigenvalue weighted by molar-refractivity contribution is -0.114. The molecular formula is C19H24N4O3. The van der Waals surface area contributed by atoms with Crippen LogP contribution in [0.2, 0.25) is 0 Å². The molecule has 1 amide bonds. The first-order chi connectivity index (χ1) is 12.5. The fourth-order valence-corrected chi connectivity index (χ4v) is 2.38. The van der Waals surface area contributed by atoms with E-state index in [2.05, 4.69) is 20.9 Å². The molecule has 0 spiro atoms. The fourth-order valence-electron chi connectivity index (χ4n) is 2.38. The molecule has 0 fully saturated rings. The van der Waals surface area contributed by atoms with Gasteiger partial charge in [0.25, 0.3) is 0 Å². The molecule has 3 N–H and O–H groups in total. The molecule has 0 aliphatic carbocycles. The number of methoxy groups -OCH3 is 2. The molecule has 2 rings (SSSR count). The summed E-state index contributed by atoms with van der Waals surface area (Å²) in [7, 11) is 4.89. The Morgan fingerprint density at radius 3 is 2.38 bits per heavy atom. The van der Waals surface area contributed by atoms with Crippen molar-refractivity contribution in [1.29, 1.82) is 0 Å². The standard InChI is InChI=1S/C19H24N4O3/c1-13(24)22-15-7-5-6-14(10-15)12-21-19(20-2)23-16-8-9-17(25-3)18(11-16)26-4/h5-11H,12H2,1-4H3,(H,22,24)(H2,20,21,23). The zero-order chi connectivity index (χ0) is 18.9. The largest absolute Gasteiger partial charge is 0.493 e. The Hall–Kier alpha value is -3.22. The van der Waals surface area contributed by atoms with Crippen LogP contribution in [0.5, 0.6) is 11.5 Å². The quantitative estimate of drug-likeness (QED) is 0.547. The number of anilines is 2. The number of amides is 1. The highest BCUT2D eigenvalue weighted by atomic mass is 16.5. The van der Waals surface area contributed by atoms with Gasteiger partial charge < -0.3 is 25.4 Å². The molecular weight excluding hydrogens is 332 g/mol. The fraction of sp³-hybridized carbons (Fsp3) is 0.263. The van der Waals surface area contributed by atoms with Crippen LogP contribution in [0.1, 0.15) is 12.5 Å². The van der Waals surface area contributed by atoms with Crippen molar-refractivity contribution < 1.29 is 14.3 Å².